The van der Waals surface area contributed by atoms with Gasteiger partial charge in [0.2, 0.25) is 0 Å². The van der Waals surface area contributed by atoms with Gasteiger partial charge in [0.15, 0.2) is 0 Å². The Labute approximate surface area is 134 Å². The van der Waals surface area contributed by atoms with Crippen molar-refractivity contribution in [2.75, 3.05) is 0 Å². The van der Waals surface area contributed by atoms with Gasteiger partial charge in [-0.25, -0.2) is 14.5 Å². The van der Waals surface area contributed by atoms with Crippen molar-refractivity contribution in [3.63, 3.8) is 0 Å². The lowest BCUT2D eigenvalue weighted by molar-refractivity contribution is -0.141. The summed E-state index contributed by atoms with van der Waals surface area (Å²) in [6, 6.07) is 7.62. The summed E-state index contributed by atoms with van der Waals surface area (Å²) in [6.07, 6.45) is -3.02. The Morgan fingerprint density at radius 1 is 1.25 bits per heavy atom. The van der Waals surface area contributed by atoms with Crippen molar-refractivity contribution in [1.82, 2.24) is 24.9 Å². The molecule has 3 heterocycles. The second-order valence-corrected chi connectivity index (χ2v) is 5.07. The lowest BCUT2D eigenvalue weighted by Crippen LogP contribution is -2.26. The fourth-order valence-corrected chi connectivity index (χ4v) is 2.23. The molecule has 0 atom stereocenters. The lowest BCUT2D eigenvalue weighted by atomic mass is 10.3. The van der Waals surface area contributed by atoms with Gasteiger partial charge in [-0.2, -0.15) is 18.3 Å². The number of amides is 1. The third kappa shape index (κ3) is 3.19. The Balaban J connectivity index is 1.80. The maximum Gasteiger partial charge on any atom is 0.433 e. The lowest BCUT2D eigenvalue weighted by Gasteiger charge is -2.10. The zero-order chi connectivity index (χ0) is 17.3. The highest BCUT2D eigenvalue weighted by atomic mass is 19.4. The highest BCUT2D eigenvalue weighted by Crippen LogP contribution is 2.27. The van der Waals surface area contributed by atoms with Gasteiger partial charge in [0.05, 0.1) is 18.3 Å². The molecule has 24 heavy (non-hydrogen) atoms. The van der Waals surface area contributed by atoms with Gasteiger partial charge in [-0.1, -0.05) is 6.07 Å². The van der Waals surface area contributed by atoms with E-state index in [4.69, 9.17) is 0 Å². The van der Waals surface area contributed by atoms with E-state index in [1.807, 2.05) is 0 Å². The Bertz CT molecular complexity index is 904. The van der Waals surface area contributed by atoms with Crippen LogP contribution in [-0.4, -0.2) is 25.5 Å². The molecule has 0 saturated carbocycles. The molecule has 1 N–H and O–H groups in total. The second kappa shape index (κ2) is 5.91. The predicted molar refractivity (Wildman–Crippen MR) is 78.1 cm³/mol. The van der Waals surface area contributed by atoms with E-state index in [9.17, 15) is 18.0 Å². The number of rotatable bonds is 3. The van der Waals surface area contributed by atoms with Crippen molar-refractivity contribution >= 4 is 11.4 Å². The highest BCUT2D eigenvalue weighted by Gasteiger charge is 2.33. The first kappa shape index (κ1) is 15.9. The maximum absolute atomic E-state index is 12.8. The summed E-state index contributed by atoms with van der Waals surface area (Å²) in [6.45, 7) is 1.22. The fraction of sp³-hybridized carbons (Fsp3) is 0.200. The first-order valence-corrected chi connectivity index (χ1v) is 6.97. The number of nitrogens with one attached hydrogen (secondary N) is 1. The Hall–Kier alpha value is -2.97. The van der Waals surface area contributed by atoms with Gasteiger partial charge < -0.3 is 5.32 Å². The van der Waals surface area contributed by atoms with Gasteiger partial charge in [0.1, 0.15) is 17.2 Å². The monoisotopic (exact) mass is 335 g/mol. The summed E-state index contributed by atoms with van der Waals surface area (Å²) >= 11 is 0. The predicted octanol–water partition coefficient (Wildman–Crippen LogP) is 2.38. The molecule has 1 amide bonds. The summed E-state index contributed by atoms with van der Waals surface area (Å²) in [5.41, 5.74) is 0.138. The standard InChI is InChI=1S/C15H12F3N5O/c1-9-7-12(15(16,17)18)22-13(21-9)8-19-14(24)11-4-2-3-10-5-6-20-23(10)11/h2-7H,8H2,1H3,(H,19,24). The van der Waals surface area contributed by atoms with E-state index in [1.165, 1.54) is 11.4 Å². The molecule has 3 rings (SSSR count). The number of nitrogens with zero attached hydrogens (tertiary/aromatic N) is 4. The molecule has 124 valence electrons. The largest absolute Gasteiger partial charge is 0.433 e. The van der Waals surface area contributed by atoms with Crippen molar-refractivity contribution in [1.29, 1.82) is 0 Å². The molecular formula is C15H12F3N5O. The zero-order valence-corrected chi connectivity index (χ0v) is 12.5. The van der Waals surface area contributed by atoms with Crippen LogP contribution in [-0.2, 0) is 12.7 Å². The third-order valence-corrected chi connectivity index (χ3v) is 3.25. The maximum atomic E-state index is 12.8. The SMILES string of the molecule is Cc1cc(C(F)(F)F)nc(CNC(=O)c2cccc3ccnn23)n1. The molecule has 0 spiro atoms. The molecule has 0 fully saturated rings. The van der Waals surface area contributed by atoms with E-state index in [0.717, 1.165) is 11.6 Å². The number of carbonyl (C=O) groups is 1. The number of carbonyl (C=O) groups excluding carboxylic acids is 1. The number of halogens is 3. The van der Waals surface area contributed by atoms with Gasteiger partial charge in [-0.15, -0.1) is 0 Å². The summed E-state index contributed by atoms with van der Waals surface area (Å²) in [5.74, 6) is -0.591. The minimum Gasteiger partial charge on any atom is -0.343 e. The molecule has 0 aliphatic heterocycles. The zero-order valence-electron chi connectivity index (χ0n) is 12.5. The van der Waals surface area contributed by atoms with Crippen LogP contribution < -0.4 is 5.32 Å². The molecule has 0 radical (unpaired) electrons. The van der Waals surface area contributed by atoms with Gasteiger partial charge in [0, 0.05) is 5.69 Å². The number of hydrogen-bond acceptors (Lipinski definition) is 4. The van der Waals surface area contributed by atoms with Crippen LogP contribution in [0.15, 0.2) is 36.5 Å². The van der Waals surface area contributed by atoms with Crippen LogP contribution >= 0.6 is 0 Å². The van der Waals surface area contributed by atoms with Crippen molar-refractivity contribution in [3.05, 3.63) is 59.4 Å². The Morgan fingerprint density at radius 3 is 2.79 bits per heavy atom. The van der Waals surface area contributed by atoms with Crippen LogP contribution in [0.1, 0.15) is 27.7 Å². The van der Waals surface area contributed by atoms with Crippen molar-refractivity contribution in [2.24, 2.45) is 0 Å². The summed E-state index contributed by atoms with van der Waals surface area (Å²) in [7, 11) is 0. The highest BCUT2D eigenvalue weighted by molar-refractivity contribution is 5.93. The van der Waals surface area contributed by atoms with E-state index in [2.05, 4.69) is 20.4 Å². The number of aromatic nitrogens is 4. The van der Waals surface area contributed by atoms with E-state index in [1.54, 1.807) is 30.5 Å². The normalized spacial score (nSPS) is 11.7. The second-order valence-electron chi connectivity index (χ2n) is 5.07. The van der Waals surface area contributed by atoms with Gasteiger partial charge in [0.25, 0.3) is 5.91 Å². The van der Waals surface area contributed by atoms with Gasteiger partial charge >= 0.3 is 6.18 Å². The molecule has 9 heteroatoms. The van der Waals surface area contributed by atoms with Crippen LogP contribution in [0.3, 0.4) is 0 Å². The molecule has 3 aromatic rings. The van der Waals surface area contributed by atoms with Crippen LogP contribution in [0.2, 0.25) is 0 Å². The molecule has 0 saturated heterocycles. The Kier molecular flexibility index (Phi) is 3.92. The number of fused-ring (bicyclic) bond motifs is 1. The van der Waals surface area contributed by atoms with Crippen LogP contribution in [0.5, 0.6) is 0 Å². The molecule has 6 nitrogen and oxygen atoms in total. The first-order valence-electron chi connectivity index (χ1n) is 6.97. The first-order chi connectivity index (χ1) is 11.3. The number of aryl methyl sites for hydroxylation is 1. The Morgan fingerprint density at radius 2 is 2.04 bits per heavy atom. The summed E-state index contributed by atoms with van der Waals surface area (Å²) in [4.78, 5) is 19.6. The van der Waals surface area contributed by atoms with E-state index >= 15 is 0 Å². The molecule has 0 aliphatic rings. The fourth-order valence-electron chi connectivity index (χ4n) is 2.23. The molecule has 0 bridgehead atoms. The van der Waals surface area contributed by atoms with Gasteiger partial charge in [-0.3, -0.25) is 4.79 Å². The third-order valence-electron chi connectivity index (χ3n) is 3.25. The van der Waals surface area contributed by atoms with Crippen LogP contribution in [0.25, 0.3) is 5.52 Å². The van der Waals surface area contributed by atoms with Crippen molar-refractivity contribution in [3.8, 4) is 0 Å². The topological polar surface area (TPSA) is 72.2 Å². The molecule has 0 unspecified atom stereocenters. The molecular weight excluding hydrogens is 323 g/mol. The number of hydrogen-bond donors (Lipinski definition) is 1. The van der Waals surface area contributed by atoms with Crippen LogP contribution in [0, 0.1) is 6.92 Å². The van der Waals surface area contributed by atoms with Gasteiger partial charge in [-0.05, 0) is 31.2 Å². The average molecular weight is 335 g/mol. The van der Waals surface area contributed by atoms with E-state index in [0.29, 0.717) is 0 Å². The molecule has 3 aromatic heterocycles. The van der Waals surface area contributed by atoms with Crippen molar-refractivity contribution < 1.29 is 18.0 Å². The van der Waals surface area contributed by atoms with E-state index in [-0.39, 0.29) is 23.8 Å². The average Bonchev–Trinajstić information content (AvgIpc) is 2.99. The van der Waals surface area contributed by atoms with E-state index < -0.39 is 17.8 Å². The quantitative estimate of drug-likeness (QED) is 0.798. The minimum absolute atomic E-state index is 0.108. The summed E-state index contributed by atoms with van der Waals surface area (Å²) in [5, 5.41) is 6.54. The molecule has 0 aliphatic carbocycles. The summed E-state index contributed by atoms with van der Waals surface area (Å²) < 4.78 is 39.7. The number of alkyl halides is 3. The minimum atomic E-state index is -4.56. The number of pyridine rings is 1. The van der Waals surface area contributed by atoms with Crippen molar-refractivity contribution in [2.45, 2.75) is 19.6 Å². The molecule has 0 aromatic carbocycles. The smallest absolute Gasteiger partial charge is 0.343 e. The van der Waals surface area contributed by atoms with Crippen LogP contribution in [0.4, 0.5) is 13.2 Å².